The fourth-order valence-electron chi connectivity index (χ4n) is 1.47. The van der Waals surface area contributed by atoms with Crippen LogP contribution in [0.5, 0.6) is 5.75 Å². The number of nitrogens with zero attached hydrogens (tertiary/aromatic N) is 1. The van der Waals surface area contributed by atoms with Crippen molar-refractivity contribution in [3.05, 3.63) is 40.3 Å². The number of anilines is 1. The fourth-order valence-corrected chi connectivity index (χ4v) is 2.01. The molecule has 0 spiro atoms. The van der Waals surface area contributed by atoms with Gasteiger partial charge in [-0.05, 0) is 24.6 Å². The zero-order chi connectivity index (χ0) is 11.4. The number of hydrogen-bond donors (Lipinski definition) is 1. The fraction of sp³-hybridized carbons (Fsp3) is 0.250. The van der Waals surface area contributed by atoms with E-state index in [9.17, 15) is 0 Å². The second kappa shape index (κ2) is 4.99. The van der Waals surface area contributed by atoms with Gasteiger partial charge in [-0.1, -0.05) is 6.07 Å². The number of aromatic nitrogens is 1. The SMILES string of the molecule is COc1ccc(C)cc1NCc1cncs1. The predicted octanol–water partition coefficient (Wildman–Crippen LogP) is 3.07. The Morgan fingerprint density at radius 1 is 1.44 bits per heavy atom. The summed E-state index contributed by atoms with van der Waals surface area (Å²) in [4.78, 5) is 5.25. The molecule has 0 radical (unpaired) electrons. The van der Waals surface area contributed by atoms with Gasteiger partial charge < -0.3 is 10.1 Å². The highest BCUT2D eigenvalue weighted by atomic mass is 32.1. The molecule has 0 atom stereocenters. The summed E-state index contributed by atoms with van der Waals surface area (Å²) in [5.74, 6) is 0.870. The van der Waals surface area contributed by atoms with Crippen molar-refractivity contribution in [3.63, 3.8) is 0 Å². The predicted molar refractivity (Wildman–Crippen MR) is 67.2 cm³/mol. The van der Waals surface area contributed by atoms with Crippen molar-refractivity contribution in [3.8, 4) is 5.75 Å². The lowest BCUT2D eigenvalue weighted by Gasteiger charge is -2.10. The molecule has 3 nitrogen and oxygen atoms in total. The third-order valence-corrected chi connectivity index (χ3v) is 3.07. The number of hydrogen-bond acceptors (Lipinski definition) is 4. The molecule has 0 bridgehead atoms. The molecular formula is C12H14N2OS. The Kier molecular flexibility index (Phi) is 3.41. The van der Waals surface area contributed by atoms with Gasteiger partial charge in [-0.15, -0.1) is 11.3 Å². The van der Waals surface area contributed by atoms with Gasteiger partial charge in [-0.25, -0.2) is 0 Å². The van der Waals surface area contributed by atoms with Crippen LogP contribution in [0.15, 0.2) is 29.9 Å². The molecule has 84 valence electrons. The van der Waals surface area contributed by atoms with Crippen LogP contribution in [0.4, 0.5) is 5.69 Å². The molecule has 1 aromatic heterocycles. The molecule has 0 amide bonds. The smallest absolute Gasteiger partial charge is 0.141 e. The first kappa shape index (κ1) is 11.0. The first-order valence-corrected chi connectivity index (χ1v) is 5.93. The van der Waals surface area contributed by atoms with Crippen molar-refractivity contribution >= 4 is 17.0 Å². The number of thiazole rings is 1. The van der Waals surface area contributed by atoms with Gasteiger partial charge in [0.05, 0.1) is 24.9 Å². The molecule has 0 aliphatic rings. The maximum atomic E-state index is 5.30. The van der Waals surface area contributed by atoms with Crippen LogP contribution in [0.2, 0.25) is 0 Å². The van der Waals surface area contributed by atoms with Crippen molar-refractivity contribution in [2.24, 2.45) is 0 Å². The molecule has 1 heterocycles. The van der Waals surface area contributed by atoms with Crippen LogP contribution in [0.25, 0.3) is 0 Å². The van der Waals surface area contributed by atoms with Gasteiger partial charge in [0.25, 0.3) is 0 Å². The Morgan fingerprint density at radius 2 is 2.31 bits per heavy atom. The second-order valence-electron chi connectivity index (χ2n) is 3.53. The van der Waals surface area contributed by atoms with Gasteiger partial charge in [0.2, 0.25) is 0 Å². The third-order valence-electron chi connectivity index (χ3n) is 2.29. The van der Waals surface area contributed by atoms with Gasteiger partial charge in [-0.2, -0.15) is 0 Å². The van der Waals surface area contributed by atoms with Crippen LogP contribution in [0, 0.1) is 6.92 Å². The Balaban J connectivity index is 2.11. The van der Waals surface area contributed by atoms with Gasteiger partial charge in [0, 0.05) is 11.1 Å². The largest absolute Gasteiger partial charge is 0.495 e. The zero-order valence-electron chi connectivity index (χ0n) is 9.36. The molecule has 16 heavy (non-hydrogen) atoms. The monoisotopic (exact) mass is 234 g/mol. The summed E-state index contributed by atoms with van der Waals surface area (Å²) in [7, 11) is 1.68. The van der Waals surface area contributed by atoms with E-state index < -0.39 is 0 Å². The molecule has 0 saturated carbocycles. The van der Waals surface area contributed by atoms with E-state index in [0.717, 1.165) is 18.0 Å². The average molecular weight is 234 g/mol. The number of nitrogens with one attached hydrogen (secondary N) is 1. The molecule has 0 aliphatic heterocycles. The minimum absolute atomic E-state index is 0.782. The number of aryl methyl sites for hydroxylation is 1. The second-order valence-corrected chi connectivity index (χ2v) is 4.50. The lowest BCUT2D eigenvalue weighted by atomic mass is 10.2. The standard InChI is InChI=1S/C12H14N2OS/c1-9-3-4-12(15-2)11(5-9)14-7-10-6-13-8-16-10/h3-6,8,14H,7H2,1-2H3. The molecule has 0 fully saturated rings. The van der Waals surface area contributed by atoms with Crippen molar-refractivity contribution in [2.75, 3.05) is 12.4 Å². The lowest BCUT2D eigenvalue weighted by Crippen LogP contribution is -2.00. The number of methoxy groups -OCH3 is 1. The average Bonchev–Trinajstić information content (AvgIpc) is 2.79. The van der Waals surface area contributed by atoms with Gasteiger partial charge in [-0.3, -0.25) is 4.98 Å². The summed E-state index contributed by atoms with van der Waals surface area (Å²) in [6.45, 7) is 2.85. The molecule has 2 aromatic rings. The first-order chi connectivity index (χ1) is 7.79. The Morgan fingerprint density at radius 3 is 3.00 bits per heavy atom. The van der Waals surface area contributed by atoms with E-state index in [0.29, 0.717) is 0 Å². The topological polar surface area (TPSA) is 34.1 Å². The van der Waals surface area contributed by atoms with E-state index in [4.69, 9.17) is 4.74 Å². The van der Waals surface area contributed by atoms with Gasteiger partial charge in [0.1, 0.15) is 5.75 Å². The minimum Gasteiger partial charge on any atom is -0.495 e. The van der Waals surface area contributed by atoms with Crippen LogP contribution < -0.4 is 10.1 Å². The molecule has 4 heteroatoms. The summed E-state index contributed by atoms with van der Waals surface area (Å²) in [5.41, 5.74) is 4.08. The molecule has 2 rings (SSSR count). The van der Waals surface area contributed by atoms with Gasteiger partial charge in [0.15, 0.2) is 0 Å². The zero-order valence-corrected chi connectivity index (χ0v) is 10.2. The van der Waals surface area contributed by atoms with Crippen LogP contribution in [-0.4, -0.2) is 12.1 Å². The normalized spacial score (nSPS) is 10.1. The summed E-state index contributed by atoms with van der Waals surface area (Å²) >= 11 is 1.65. The van der Waals surface area contributed by atoms with E-state index in [1.54, 1.807) is 18.4 Å². The third kappa shape index (κ3) is 2.52. The quantitative estimate of drug-likeness (QED) is 0.882. The van der Waals surface area contributed by atoms with E-state index in [1.165, 1.54) is 10.4 Å². The van der Waals surface area contributed by atoms with Crippen molar-refractivity contribution in [1.82, 2.24) is 4.98 Å². The Hall–Kier alpha value is -1.55. The van der Waals surface area contributed by atoms with E-state index in [2.05, 4.69) is 23.3 Å². The lowest BCUT2D eigenvalue weighted by molar-refractivity contribution is 0.416. The molecule has 0 aliphatic carbocycles. The van der Waals surface area contributed by atoms with Crippen LogP contribution in [0.1, 0.15) is 10.4 Å². The summed E-state index contributed by atoms with van der Waals surface area (Å²) < 4.78 is 5.30. The molecule has 1 aromatic carbocycles. The van der Waals surface area contributed by atoms with Crippen molar-refractivity contribution in [2.45, 2.75) is 13.5 Å². The van der Waals surface area contributed by atoms with Crippen molar-refractivity contribution in [1.29, 1.82) is 0 Å². The highest BCUT2D eigenvalue weighted by Gasteiger charge is 2.03. The summed E-state index contributed by atoms with van der Waals surface area (Å²) in [6, 6.07) is 6.10. The molecule has 0 unspecified atom stereocenters. The van der Waals surface area contributed by atoms with Crippen LogP contribution in [0.3, 0.4) is 0 Å². The highest BCUT2D eigenvalue weighted by Crippen LogP contribution is 2.25. The molecule has 1 N–H and O–H groups in total. The van der Waals surface area contributed by atoms with E-state index in [1.807, 2.05) is 23.8 Å². The molecule has 0 saturated heterocycles. The number of ether oxygens (including phenoxy) is 1. The van der Waals surface area contributed by atoms with E-state index >= 15 is 0 Å². The Labute approximate surface area is 99.1 Å². The van der Waals surface area contributed by atoms with Gasteiger partial charge >= 0.3 is 0 Å². The Bertz CT molecular complexity index is 454. The van der Waals surface area contributed by atoms with Crippen LogP contribution >= 0.6 is 11.3 Å². The summed E-state index contributed by atoms with van der Waals surface area (Å²) in [5, 5.41) is 3.35. The minimum atomic E-state index is 0.782. The first-order valence-electron chi connectivity index (χ1n) is 5.05. The van der Waals surface area contributed by atoms with Crippen molar-refractivity contribution < 1.29 is 4.74 Å². The summed E-state index contributed by atoms with van der Waals surface area (Å²) in [6.07, 6.45) is 1.87. The number of rotatable bonds is 4. The highest BCUT2D eigenvalue weighted by molar-refractivity contribution is 7.09. The maximum Gasteiger partial charge on any atom is 0.141 e. The van der Waals surface area contributed by atoms with Crippen LogP contribution in [-0.2, 0) is 6.54 Å². The number of benzene rings is 1. The maximum absolute atomic E-state index is 5.30. The van der Waals surface area contributed by atoms with E-state index in [-0.39, 0.29) is 0 Å². The molecular weight excluding hydrogens is 220 g/mol.